The zero-order valence-corrected chi connectivity index (χ0v) is 70.1. The summed E-state index contributed by atoms with van der Waals surface area (Å²) in [5, 5.41) is 137. The molecule has 0 spiro atoms. The number of rotatable bonds is 75. The summed E-state index contributed by atoms with van der Waals surface area (Å²) in [6, 6.07) is -2.53. The van der Waals surface area contributed by atoms with Crippen LogP contribution in [0.3, 0.4) is 0 Å². The van der Waals surface area contributed by atoms with Crippen LogP contribution in [0, 0.1) is 0 Å². The predicted molar refractivity (Wildman–Crippen MR) is 435 cm³/mol. The van der Waals surface area contributed by atoms with Crippen molar-refractivity contribution in [3.8, 4) is 0 Å². The van der Waals surface area contributed by atoms with Crippen LogP contribution in [0.1, 0.15) is 406 Å². The van der Waals surface area contributed by atoms with Crippen LogP contribution in [0.25, 0.3) is 0 Å². The second kappa shape index (κ2) is 66.6. The van der Waals surface area contributed by atoms with Crippen molar-refractivity contribution in [1.29, 1.82) is 0 Å². The Labute approximate surface area is 671 Å². The highest BCUT2D eigenvalue weighted by molar-refractivity contribution is 5.77. The summed E-state index contributed by atoms with van der Waals surface area (Å²) in [6.45, 7) is 2.29. The third-order valence-corrected chi connectivity index (χ3v) is 23.6. The second-order valence-electron chi connectivity index (χ2n) is 33.5. The highest BCUT2D eigenvalue weighted by Gasteiger charge is 2.60. The van der Waals surface area contributed by atoms with E-state index in [1.54, 1.807) is 0 Å². The van der Waals surface area contributed by atoms with Gasteiger partial charge in [-0.15, -0.1) is 0 Å². The largest absolute Gasteiger partial charge is 0.477 e. The Balaban J connectivity index is 1.42. The van der Waals surface area contributed by atoms with Crippen LogP contribution in [0.2, 0.25) is 0 Å². The highest BCUT2D eigenvalue weighted by atomic mass is 16.8. The fraction of sp³-hybridized carbons (Fsp3) is 0.966. The lowest BCUT2D eigenvalue weighted by Gasteiger charge is -2.50. The van der Waals surface area contributed by atoms with Gasteiger partial charge in [0.15, 0.2) is 12.6 Å². The van der Waals surface area contributed by atoms with Gasteiger partial charge in [-0.1, -0.05) is 373 Å². The molecule has 111 heavy (non-hydrogen) atoms. The molecule has 656 valence electrons. The number of aliphatic hydroxyl groups is 11. The molecule has 0 bridgehead atoms. The number of aliphatic carboxylic acids is 1. The standard InChI is InChI=1S/C88H168N2O21/c1-4-6-8-10-12-14-16-18-20-22-24-26-28-29-30-31-32-33-34-35-36-37-38-39-40-42-44-46-48-50-52-54-56-58-60-62-75(98)90-69(70(95)61-59-57-55-53-51-49-47-45-43-41-27-25-23-21-19-17-15-13-11-9-7-5-2)67-106-85-80(102)79(101)82(74(66-93)108-85)109-86-81(103)84(78(100)73(65-92)107-86)111-88(87(104)105)63-71(96)76(89-68(3)94)83(110-88)77(99)72(97)64-91/h69-74,76-86,91-93,95-97,99-103H,4-67H2,1-3H3,(H,89,94)(H,90,98)(H,104,105). The molecular formula is C88H168N2O21. The molecule has 0 radical (unpaired) electrons. The fourth-order valence-electron chi connectivity index (χ4n) is 16.4. The maximum atomic E-state index is 13.6. The van der Waals surface area contributed by atoms with Gasteiger partial charge in [0.25, 0.3) is 5.79 Å². The van der Waals surface area contributed by atoms with Gasteiger partial charge < -0.3 is 100 Å². The van der Waals surface area contributed by atoms with Crippen molar-refractivity contribution >= 4 is 17.8 Å². The molecular weight excluding hydrogens is 1420 g/mol. The molecule has 14 N–H and O–H groups in total. The number of ether oxygens (including phenoxy) is 6. The molecule has 23 heteroatoms. The van der Waals surface area contributed by atoms with E-state index in [-0.39, 0.29) is 18.9 Å². The second-order valence-corrected chi connectivity index (χ2v) is 33.5. The minimum Gasteiger partial charge on any atom is -0.477 e. The van der Waals surface area contributed by atoms with Gasteiger partial charge in [0.2, 0.25) is 11.8 Å². The number of amides is 2. The number of carboxylic acids is 1. The first-order valence-corrected chi connectivity index (χ1v) is 45.9. The summed E-state index contributed by atoms with van der Waals surface area (Å²) >= 11 is 0. The van der Waals surface area contributed by atoms with Crippen LogP contribution in [0.5, 0.6) is 0 Å². The lowest BCUT2D eigenvalue weighted by molar-refractivity contribution is -0.386. The molecule has 3 heterocycles. The average Bonchev–Trinajstić information content (AvgIpc) is 0.753. The Morgan fingerprint density at radius 2 is 0.784 bits per heavy atom. The van der Waals surface area contributed by atoms with E-state index in [1.807, 2.05) is 0 Å². The van der Waals surface area contributed by atoms with Gasteiger partial charge in [-0.05, 0) is 12.8 Å². The molecule has 3 aliphatic rings. The van der Waals surface area contributed by atoms with E-state index in [0.29, 0.717) is 19.3 Å². The van der Waals surface area contributed by atoms with E-state index in [9.17, 15) is 75.7 Å². The van der Waals surface area contributed by atoms with Crippen molar-refractivity contribution in [2.24, 2.45) is 0 Å². The van der Waals surface area contributed by atoms with Gasteiger partial charge in [-0.25, -0.2) is 4.79 Å². The Hall–Kier alpha value is -2.27. The molecule has 3 saturated heterocycles. The summed E-state index contributed by atoms with van der Waals surface area (Å²) in [6.07, 6.45) is 45.5. The van der Waals surface area contributed by atoms with E-state index in [2.05, 4.69) is 24.5 Å². The lowest BCUT2D eigenvalue weighted by atomic mass is 9.88. The first-order chi connectivity index (χ1) is 53.9. The zero-order valence-electron chi connectivity index (χ0n) is 70.1. The molecule has 18 atom stereocenters. The average molecular weight is 1590 g/mol. The van der Waals surface area contributed by atoms with Crippen molar-refractivity contribution in [1.82, 2.24) is 10.6 Å². The van der Waals surface area contributed by atoms with Crippen LogP contribution in [0.15, 0.2) is 0 Å². The van der Waals surface area contributed by atoms with Gasteiger partial charge in [0.1, 0.15) is 67.1 Å². The van der Waals surface area contributed by atoms with Crippen molar-refractivity contribution in [3.63, 3.8) is 0 Å². The van der Waals surface area contributed by atoms with Crippen LogP contribution in [0.4, 0.5) is 0 Å². The summed E-state index contributed by atoms with van der Waals surface area (Å²) < 4.78 is 35.1. The van der Waals surface area contributed by atoms with Crippen molar-refractivity contribution in [2.45, 2.75) is 516 Å². The van der Waals surface area contributed by atoms with Gasteiger partial charge in [0, 0.05) is 19.8 Å². The maximum absolute atomic E-state index is 13.6. The van der Waals surface area contributed by atoms with Crippen LogP contribution >= 0.6 is 0 Å². The predicted octanol–water partition coefficient (Wildman–Crippen LogP) is 14.7. The van der Waals surface area contributed by atoms with Crippen molar-refractivity contribution in [3.05, 3.63) is 0 Å². The molecule has 2 amide bonds. The van der Waals surface area contributed by atoms with E-state index < -0.39 is 148 Å². The first kappa shape index (κ1) is 103. The third kappa shape index (κ3) is 45.5. The van der Waals surface area contributed by atoms with Crippen LogP contribution in [-0.2, 0) is 42.8 Å². The molecule has 23 nitrogen and oxygen atoms in total. The Morgan fingerprint density at radius 3 is 1.13 bits per heavy atom. The minimum absolute atomic E-state index is 0.230. The van der Waals surface area contributed by atoms with Gasteiger partial charge in [0.05, 0.1) is 50.7 Å². The van der Waals surface area contributed by atoms with Crippen molar-refractivity contribution in [2.75, 3.05) is 26.4 Å². The number of hydrogen-bond acceptors (Lipinski definition) is 20. The number of carboxylic acid groups (broad SMARTS) is 1. The monoisotopic (exact) mass is 1590 g/mol. The van der Waals surface area contributed by atoms with E-state index >= 15 is 0 Å². The van der Waals surface area contributed by atoms with Gasteiger partial charge >= 0.3 is 5.97 Å². The normalized spacial score (nSPS) is 25.4. The fourth-order valence-corrected chi connectivity index (χ4v) is 16.4. The van der Waals surface area contributed by atoms with E-state index in [1.165, 1.54) is 308 Å². The van der Waals surface area contributed by atoms with Gasteiger partial charge in [-0.2, -0.15) is 0 Å². The number of hydrogen-bond donors (Lipinski definition) is 14. The van der Waals surface area contributed by atoms with Crippen LogP contribution in [-0.4, -0.2) is 215 Å². The molecule has 0 aromatic rings. The summed E-state index contributed by atoms with van der Waals surface area (Å²) in [7, 11) is 0. The van der Waals surface area contributed by atoms with Gasteiger partial charge in [-0.3, -0.25) is 9.59 Å². The third-order valence-electron chi connectivity index (χ3n) is 23.6. The molecule has 0 saturated carbocycles. The lowest BCUT2D eigenvalue weighted by Crippen LogP contribution is -2.70. The zero-order chi connectivity index (χ0) is 81.0. The number of carbonyl (C=O) groups is 3. The number of unbranched alkanes of at least 4 members (excludes halogenated alkanes) is 55. The summed E-state index contributed by atoms with van der Waals surface area (Å²) in [5.41, 5.74) is 0. The Morgan fingerprint density at radius 1 is 0.432 bits per heavy atom. The molecule has 0 aromatic carbocycles. The van der Waals surface area contributed by atoms with Crippen LogP contribution < -0.4 is 10.6 Å². The highest BCUT2D eigenvalue weighted by Crippen LogP contribution is 2.39. The summed E-state index contributed by atoms with van der Waals surface area (Å²) in [4.78, 5) is 38.8. The van der Waals surface area contributed by atoms with Crippen molar-refractivity contribution < 1.29 is 104 Å². The number of aliphatic hydroxyl groups excluding tert-OH is 11. The molecule has 18 unspecified atom stereocenters. The minimum atomic E-state index is -3.08. The Bertz CT molecular complexity index is 2190. The summed E-state index contributed by atoms with van der Waals surface area (Å²) in [5.74, 6) is -6.08. The first-order valence-electron chi connectivity index (χ1n) is 45.9. The molecule has 3 aliphatic heterocycles. The molecule has 0 aromatic heterocycles. The molecule has 3 fully saturated rings. The number of carbonyl (C=O) groups excluding carboxylic acids is 2. The Kier molecular flexibility index (Phi) is 61.8. The quantitative estimate of drug-likeness (QED) is 0.0252. The SMILES string of the molecule is CCCCCCCCCCCCCCCCCCCCCCCCCCCCCCCCCCCCCC(=O)NC(COC1OC(CO)C(OC2OC(CO)C(O)C(OC3(C(=O)O)CC(O)C(NC(C)=O)C(C(O)C(O)CO)O3)C2O)C(O)C1O)C(O)CCCCCCCCCCCCCCCCCCCCCCCC. The molecule has 0 aliphatic carbocycles. The molecule has 3 rings (SSSR count). The van der Waals surface area contributed by atoms with E-state index in [0.717, 1.165) is 51.9 Å². The van der Waals surface area contributed by atoms with E-state index in [4.69, 9.17) is 28.4 Å². The smallest absolute Gasteiger partial charge is 0.364 e. The maximum Gasteiger partial charge on any atom is 0.364 e. The topological polar surface area (TPSA) is 373 Å². The number of nitrogens with one attached hydrogen (secondary N) is 2.